The smallest absolute Gasteiger partial charge is 0.0594 e. The minimum Gasteiger partial charge on any atom is -0.377 e. The topological polar surface area (TPSA) is 21.3 Å². The van der Waals surface area contributed by atoms with Gasteiger partial charge in [-0.3, -0.25) is 0 Å². The first kappa shape index (κ1) is 12.7. The lowest BCUT2D eigenvalue weighted by Gasteiger charge is -2.22. The van der Waals surface area contributed by atoms with Crippen molar-refractivity contribution in [2.75, 3.05) is 31.2 Å². The molecule has 2 rings (SSSR count). The minimum atomic E-state index is 0.567. The molecule has 0 amide bonds. The Morgan fingerprint density at radius 1 is 1.12 bits per heavy atom. The Labute approximate surface area is 104 Å². The summed E-state index contributed by atoms with van der Waals surface area (Å²) in [6, 6.07) is 0. The van der Waals surface area contributed by atoms with Gasteiger partial charge < -0.3 is 10.1 Å². The zero-order valence-corrected chi connectivity index (χ0v) is 11.1. The third kappa shape index (κ3) is 4.64. The second-order valence-corrected chi connectivity index (χ2v) is 6.21. The first-order chi connectivity index (χ1) is 7.95. The number of ether oxygens (including phenoxy) is 1. The van der Waals surface area contributed by atoms with Crippen LogP contribution in [-0.4, -0.2) is 37.3 Å². The number of hydrogen-bond acceptors (Lipinski definition) is 3. The number of hydrogen-bond donors (Lipinski definition) is 1. The van der Waals surface area contributed by atoms with Crippen molar-refractivity contribution in [3.8, 4) is 0 Å². The van der Waals surface area contributed by atoms with Gasteiger partial charge in [-0.2, -0.15) is 11.8 Å². The van der Waals surface area contributed by atoms with E-state index in [4.69, 9.17) is 4.74 Å². The standard InChI is InChI=1S/C13H25NOS/c1-2-4-13(5-3-1)15-8-7-14-10-12-6-9-16-11-12/h12-14H,1-11H2. The fourth-order valence-corrected chi connectivity index (χ4v) is 3.86. The van der Waals surface area contributed by atoms with E-state index < -0.39 is 0 Å². The second kappa shape index (κ2) is 7.57. The van der Waals surface area contributed by atoms with Crippen LogP contribution in [0, 0.1) is 5.92 Å². The van der Waals surface area contributed by atoms with Crippen LogP contribution in [-0.2, 0) is 4.74 Å². The van der Waals surface area contributed by atoms with Crippen molar-refractivity contribution in [3.05, 3.63) is 0 Å². The van der Waals surface area contributed by atoms with Crippen molar-refractivity contribution in [1.82, 2.24) is 5.32 Å². The first-order valence-corrected chi connectivity index (χ1v) is 8.00. The summed E-state index contributed by atoms with van der Waals surface area (Å²) in [4.78, 5) is 0. The van der Waals surface area contributed by atoms with Gasteiger partial charge in [0.15, 0.2) is 0 Å². The van der Waals surface area contributed by atoms with Gasteiger partial charge in [0, 0.05) is 6.54 Å². The van der Waals surface area contributed by atoms with Crippen molar-refractivity contribution in [3.63, 3.8) is 0 Å². The van der Waals surface area contributed by atoms with E-state index >= 15 is 0 Å². The first-order valence-electron chi connectivity index (χ1n) is 6.85. The number of rotatable bonds is 6. The van der Waals surface area contributed by atoms with Crippen LogP contribution in [0.2, 0.25) is 0 Å². The fraction of sp³-hybridized carbons (Fsp3) is 1.00. The average Bonchev–Trinajstić information content (AvgIpc) is 2.83. The molecule has 3 heteroatoms. The van der Waals surface area contributed by atoms with E-state index in [1.807, 2.05) is 0 Å². The van der Waals surface area contributed by atoms with Gasteiger partial charge in [-0.05, 0) is 43.2 Å². The molecular formula is C13H25NOS. The number of nitrogens with one attached hydrogen (secondary N) is 1. The van der Waals surface area contributed by atoms with E-state index in [9.17, 15) is 0 Å². The third-order valence-corrected chi connectivity index (χ3v) is 4.87. The quantitative estimate of drug-likeness (QED) is 0.725. The normalized spacial score (nSPS) is 27.4. The van der Waals surface area contributed by atoms with E-state index in [-0.39, 0.29) is 0 Å². The van der Waals surface area contributed by atoms with Crippen LogP contribution in [0.1, 0.15) is 38.5 Å². The van der Waals surface area contributed by atoms with Crippen molar-refractivity contribution < 1.29 is 4.74 Å². The maximum absolute atomic E-state index is 5.88. The van der Waals surface area contributed by atoms with E-state index in [1.54, 1.807) is 0 Å². The Bertz CT molecular complexity index is 177. The molecule has 1 N–H and O–H groups in total. The average molecular weight is 243 g/mol. The Morgan fingerprint density at radius 3 is 2.75 bits per heavy atom. The predicted molar refractivity (Wildman–Crippen MR) is 71.1 cm³/mol. The van der Waals surface area contributed by atoms with Gasteiger partial charge in [-0.1, -0.05) is 19.3 Å². The lowest BCUT2D eigenvalue weighted by atomic mass is 9.98. The highest BCUT2D eigenvalue weighted by Gasteiger charge is 2.15. The molecule has 0 radical (unpaired) electrons. The predicted octanol–water partition coefficient (Wildman–Crippen LogP) is 2.68. The Morgan fingerprint density at radius 2 is 2.00 bits per heavy atom. The molecule has 0 spiro atoms. The Kier molecular flexibility index (Phi) is 6.02. The summed E-state index contributed by atoms with van der Waals surface area (Å²) in [5.74, 6) is 3.64. The van der Waals surface area contributed by atoms with Crippen LogP contribution < -0.4 is 5.32 Å². The molecule has 1 heterocycles. The lowest BCUT2D eigenvalue weighted by molar-refractivity contribution is 0.0301. The van der Waals surface area contributed by atoms with Crippen LogP contribution in [0.25, 0.3) is 0 Å². The SMILES string of the molecule is C1CCC(OCCNCC2CCSC2)CC1. The Balaban J connectivity index is 1.42. The van der Waals surface area contributed by atoms with Crippen molar-refractivity contribution in [2.45, 2.75) is 44.6 Å². The van der Waals surface area contributed by atoms with E-state index in [2.05, 4.69) is 17.1 Å². The lowest BCUT2D eigenvalue weighted by Crippen LogP contribution is -2.28. The fourth-order valence-electron chi connectivity index (χ4n) is 2.58. The molecule has 2 aliphatic rings. The highest BCUT2D eigenvalue weighted by Crippen LogP contribution is 2.22. The maximum Gasteiger partial charge on any atom is 0.0594 e. The zero-order valence-electron chi connectivity index (χ0n) is 10.2. The van der Waals surface area contributed by atoms with Crippen LogP contribution in [0.4, 0.5) is 0 Å². The van der Waals surface area contributed by atoms with Gasteiger partial charge in [0.2, 0.25) is 0 Å². The third-order valence-electron chi connectivity index (χ3n) is 3.64. The molecule has 2 nitrogen and oxygen atoms in total. The monoisotopic (exact) mass is 243 g/mol. The summed E-state index contributed by atoms with van der Waals surface area (Å²) < 4.78 is 5.88. The van der Waals surface area contributed by atoms with Crippen LogP contribution in [0.5, 0.6) is 0 Å². The molecule has 0 aromatic carbocycles. The van der Waals surface area contributed by atoms with Gasteiger partial charge in [-0.15, -0.1) is 0 Å². The molecule has 1 unspecified atom stereocenters. The second-order valence-electron chi connectivity index (χ2n) is 5.06. The summed E-state index contributed by atoms with van der Waals surface area (Å²) in [7, 11) is 0. The summed E-state index contributed by atoms with van der Waals surface area (Å²) >= 11 is 2.10. The maximum atomic E-state index is 5.88. The van der Waals surface area contributed by atoms with E-state index in [0.29, 0.717) is 6.10 Å². The summed E-state index contributed by atoms with van der Waals surface area (Å²) in [5.41, 5.74) is 0. The van der Waals surface area contributed by atoms with E-state index in [0.717, 1.165) is 19.1 Å². The molecule has 16 heavy (non-hydrogen) atoms. The molecule has 0 aromatic rings. The highest BCUT2D eigenvalue weighted by atomic mass is 32.2. The van der Waals surface area contributed by atoms with Gasteiger partial charge in [0.05, 0.1) is 12.7 Å². The van der Waals surface area contributed by atoms with Gasteiger partial charge in [0.1, 0.15) is 0 Å². The molecular weight excluding hydrogens is 218 g/mol. The van der Waals surface area contributed by atoms with Crippen LogP contribution in [0.15, 0.2) is 0 Å². The molecule has 0 aromatic heterocycles. The van der Waals surface area contributed by atoms with Crippen molar-refractivity contribution in [1.29, 1.82) is 0 Å². The Hall–Kier alpha value is 0.270. The molecule has 1 aliphatic heterocycles. The minimum absolute atomic E-state index is 0.567. The number of thioether (sulfide) groups is 1. The van der Waals surface area contributed by atoms with Gasteiger partial charge in [0.25, 0.3) is 0 Å². The van der Waals surface area contributed by atoms with Gasteiger partial charge >= 0.3 is 0 Å². The molecule has 1 saturated carbocycles. The van der Waals surface area contributed by atoms with Crippen molar-refractivity contribution in [2.24, 2.45) is 5.92 Å². The van der Waals surface area contributed by atoms with Crippen molar-refractivity contribution >= 4 is 11.8 Å². The molecule has 1 saturated heterocycles. The van der Waals surface area contributed by atoms with E-state index in [1.165, 1.54) is 56.6 Å². The largest absolute Gasteiger partial charge is 0.377 e. The van der Waals surface area contributed by atoms with Gasteiger partial charge in [-0.25, -0.2) is 0 Å². The molecule has 0 bridgehead atoms. The summed E-state index contributed by atoms with van der Waals surface area (Å²) in [6.45, 7) is 3.14. The van der Waals surface area contributed by atoms with Crippen LogP contribution in [0.3, 0.4) is 0 Å². The summed E-state index contributed by atoms with van der Waals surface area (Å²) in [6.07, 6.45) is 8.71. The highest BCUT2D eigenvalue weighted by molar-refractivity contribution is 7.99. The molecule has 94 valence electrons. The molecule has 1 atom stereocenters. The zero-order chi connectivity index (χ0) is 11.1. The molecule has 2 fully saturated rings. The van der Waals surface area contributed by atoms with Crippen LogP contribution >= 0.6 is 11.8 Å². The molecule has 1 aliphatic carbocycles. The summed E-state index contributed by atoms with van der Waals surface area (Å²) in [5, 5.41) is 3.53.